The Morgan fingerprint density at radius 3 is 2.50 bits per heavy atom. The molecule has 1 heterocycles. The number of rotatable bonds is 6. The standard InChI is InChI=1S/C16H20FN3/c1-3-10-18-16-12-15(9-11-19-16)20(4-2)14-7-5-13(17)6-8-14/h5-9,11-12H,3-4,10H2,1-2H3,(H,18,19). The first-order valence-electron chi connectivity index (χ1n) is 6.97. The fraction of sp³-hybridized carbons (Fsp3) is 0.312. The van der Waals surface area contributed by atoms with Gasteiger partial charge in [0.25, 0.3) is 0 Å². The molecule has 0 bridgehead atoms. The Morgan fingerprint density at radius 1 is 1.10 bits per heavy atom. The van der Waals surface area contributed by atoms with Gasteiger partial charge in [-0.2, -0.15) is 0 Å². The molecule has 106 valence electrons. The number of hydrogen-bond acceptors (Lipinski definition) is 3. The Kier molecular flexibility index (Phi) is 4.93. The maximum atomic E-state index is 13.0. The smallest absolute Gasteiger partial charge is 0.127 e. The van der Waals surface area contributed by atoms with Crippen molar-refractivity contribution in [2.45, 2.75) is 20.3 Å². The molecule has 0 unspecified atom stereocenters. The van der Waals surface area contributed by atoms with Gasteiger partial charge in [-0.05, 0) is 43.7 Å². The minimum atomic E-state index is -0.218. The van der Waals surface area contributed by atoms with E-state index in [4.69, 9.17) is 0 Å². The minimum Gasteiger partial charge on any atom is -0.370 e. The molecular weight excluding hydrogens is 253 g/mol. The summed E-state index contributed by atoms with van der Waals surface area (Å²) in [5.74, 6) is 0.648. The van der Waals surface area contributed by atoms with Crippen LogP contribution in [0, 0.1) is 5.82 Å². The first kappa shape index (κ1) is 14.3. The van der Waals surface area contributed by atoms with Crippen LogP contribution in [0.25, 0.3) is 0 Å². The second kappa shape index (κ2) is 6.89. The molecular formula is C16H20FN3. The highest BCUT2D eigenvalue weighted by molar-refractivity contribution is 5.65. The molecule has 2 aromatic rings. The van der Waals surface area contributed by atoms with Crippen molar-refractivity contribution in [3.8, 4) is 0 Å². The van der Waals surface area contributed by atoms with Crippen LogP contribution >= 0.6 is 0 Å². The van der Waals surface area contributed by atoms with E-state index in [-0.39, 0.29) is 5.82 Å². The summed E-state index contributed by atoms with van der Waals surface area (Å²) in [6, 6.07) is 10.5. The van der Waals surface area contributed by atoms with Crippen LogP contribution in [0.3, 0.4) is 0 Å². The number of halogens is 1. The highest BCUT2D eigenvalue weighted by Crippen LogP contribution is 2.26. The molecule has 1 aromatic heterocycles. The van der Waals surface area contributed by atoms with Gasteiger partial charge in [-0.15, -0.1) is 0 Å². The van der Waals surface area contributed by atoms with Gasteiger partial charge in [-0.1, -0.05) is 6.92 Å². The Hall–Kier alpha value is -2.10. The van der Waals surface area contributed by atoms with Crippen LogP contribution in [0.2, 0.25) is 0 Å². The number of nitrogens with zero attached hydrogens (tertiary/aromatic N) is 2. The molecule has 0 amide bonds. The molecule has 20 heavy (non-hydrogen) atoms. The number of pyridine rings is 1. The lowest BCUT2D eigenvalue weighted by atomic mass is 10.2. The zero-order valence-electron chi connectivity index (χ0n) is 11.9. The third kappa shape index (κ3) is 3.47. The van der Waals surface area contributed by atoms with Crippen LogP contribution in [0.5, 0.6) is 0 Å². The molecule has 0 aliphatic heterocycles. The molecule has 0 saturated carbocycles. The van der Waals surface area contributed by atoms with Gasteiger partial charge in [0, 0.05) is 36.7 Å². The van der Waals surface area contributed by atoms with Crippen molar-refractivity contribution in [3.05, 3.63) is 48.4 Å². The molecule has 0 spiro atoms. The van der Waals surface area contributed by atoms with Crippen LogP contribution in [0.1, 0.15) is 20.3 Å². The molecule has 0 aliphatic rings. The molecule has 0 radical (unpaired) electrons. The SMILES string of the molecule is CCCNc1cc(N(CC)c2ccc(F)cc2)ccn1. The number of aromatic nitrogens is 1. The lowest BCUT2D eigenvalue weighted by Gasteiger charge is -2.23. The molecule has 0 atom stereocenters. The van der Waals surface area contributed by atoms with Crippen molar-refractivity contribution < 1.29 is 4.39 Å². The lowest BCUT2D eigenvalue weighted by molar-refractivity contribution is 0.628. The van der Waals surface area contributed by atoms with Gasteiger partial charge in [-0.25, -0.2) is 9.37 Å². The predicted molar refractivity (Wildman–Crippen MR) is 82.1 cm³/mol. The van der Waals surface area contributed by atoms with E-state index in [0.717, 1.165) is 36.7 Å². The predicted octanol–water partition coefficient (Wildman–Crippen LogP) is 4.20. The van der Waals surface area contributed by atoms with Crippen molar-refractivity contribution in [2.75, 3.05) is 23.3 Å². The van der Waals surface area contributed by atoms with Crippen LogP contribution in [0.4, 0.5) is 21.6 Å². The maximum Gasteiger partial charge on any atom is 0.127 e. The first-order chi connectivity index (χ1) is 9.74. The lowest BCUT2D eigenvalue weighted by Crippen LogP contribution is -2.16. The Balaban J connectivity index is 2.24. The van der Waals surface area contributed by atoms with Gasteiger partial charge in [0.15, 0.2) is 0 Å². The van der Waals surface area contributed by atoms with E-state index in [2.05, 4.69) is 29.0 Å². The minimum absolute atomic E-state index is 0.218. The average molecular weight is 273 g/mol. The summed E-state index contributed by atoms with van der Waals surface area (Å²) in [4.78, 5) is 6.43. The molecule has 0 fully saturated rings. The second-order valence-electron chi connectivity index (χ2n) is 4.55. The van der Waals surface area contributed by atoms with Gasteiger partial charge in [0.05, 0.1) is 0 Å². The van der Waals surface area contributed by atoms with Crippen LogP contribution in [0.15, 0.2) is 42.6 Å². The van der Waals surface area contributed by atoms with Gasteiger partial charge < -0.3 is 10.2 Å². The fourth-order valence-electron chi connectivity index (χ4n) is 2.07. The fourth-order valence-corrected chi connectivity index (χ4v) is 2.07. The molecule has 1 N–H and O–H groups in total. The molecule has 2 rings (SSSR count). The van der Waals surface area contributed by atoms with Crippen LogP contribution < -0.4 is 10.2 Å². The van der Waals surface area contributed by atoms with Crippen molar-refractivity contribution in [2.24, 2.45) is 0 Å². The quantitative estimate of drug-likeness (QED) is 0.855. The van der Waals surface area contributed by atoms with Gasteiger partial charge in [-0.3, -0.25) is 0 Å². The summed E-state index contributed by atoms with van der Waals surface area (Å²) in [6.45, 7) is 5.90. The third-order valence-corrected chi connectivity index (χ3v) is 3.07. The summed E-state index contributed by atoms with van der Waals surface area (Å²) in [5.41, 5.74) is 2.02. The Morgan fingerprint density at radius 2 is 1.85 bits per heavy atom. The van der Waals surface area contributed by atoms with Crippen molar-refractivity contribution >= 4 is 17.2 Å². The summed E-state index contributed by atoms with van der Waals surface area (Å²) < 4.78 is 13.0. The van der Waals surface area contributed by atoms with Gasteiger partial charge >= 0.3 is 0 Å². The van der Waals surface area contributed by atoms with E-state index >= 15 is 0 Å². The highest BCUT2D eigenvalue weighted by atomic mass is 19.1. The number of benzene rings is 1. The summed E-state index contributed by atoms with van der Waals surface area (Å²) in [6.07, 6.45) is 2.85. The average Bonchev–Trinajstić information content (AvgIpc) is 2.48. The monoisotopic (exact) mass is 273 g/mol. The third-order valence-electron chi connectivity index (χ3n) is 3.07. The second-order valence-corrected chi connectivity index (χ2v) is 4.55. The Labute approximate surface area is 119 Å². The van der Waals surface area contributed by atoms with Crippen molar-refractivity contribution in [1.29, 1.82) is 0 Å². The van der Waals surface area contributed by atoms with E-state index in [0.29, 0.717) is 0 Å². The van der Waals surface area contributed by atoms with E-state index < -0.39 is 0 Å². The van der Waals surface area contributed by atoms with Crippen molar-refractivity contribution in [3.63, 3.8) is 0 Å². The first-order valence-corrected chi connectivity index (χ1v) is 6.97. The molecule has 1 aromatic carbocycles. The zero-order chi connectivity index (χ0) is 14.4. The molecule has 0 saturated heterocycles. The van der Waals surface area contributed by atoms with Crippen LogP contribution in [-0.2, 0) is 0 Å². The van der Waals surface area contributed by atoms with Gasteiger partial charge in [0.2, 0.25) is 0 Å². The molecule has 3 nitrogen and oxygen atoms in total. The number of anilines is 3. The largest absolute Gasteiger partial charge is 0.370 e. The van der Waals surface area contributed by atoms with E-state index in [1.54, 1.807) is 18.3 Å². The molecule has 4 heteroatoms. The Bertz CT molecular complexity index is 540. The zero-order valence-corrected chi connectivity index (χ0v) is 11.9. The number of nitrogens with one attached hydrogen (secondary N) is 1. The number of hydrogen-bond donors (Lipinski definition) is 1. The van der Waals surface area contributed by atoms with E-state index in [1.165, 1.54) is 12.1 Å². The molecule has 0 aliphatic carbocycles. The normalized spacial score (nSPS) is 10.3. The highest BCUT2D eigenvalue weighted by Gasteiger charge is 2.08. The van der Waals surface area contributed by atoms with Crippen molar-refractivity contribution in [1.82, 2.24) is 4.98 Å². The van der Waals surface area contributed by atoms with E-state index in [9.17, 15) is 4.39 Å². The summed E-state index contributed by atoms with van der Waals surface area (Å²) in [7, 11) is 0. The topological polar surface area (TPSA) is 28.2 Å². The van der Waals surface area contributed by atoms with Crippen LogP contribution in [-0.4, -0.2) is 18.1 Å². The summed E-state index contributed by atoms with van der Waals surface area (Å²) in [5, 5.41) is 3.28. The van der Waals surface area contributed by atoms with E-state index in [1.807, 2.05) is 12.1 Å². The summed E-state index contributed by atoms with van der Waals surface area (Å²) >= 11 is 0. The van der Waals surface area contributed by atoms with Gasteiger partial charge in [0.1, 0.15) is 11.6 Å². The maximum absolute atomic E-state index is 13.0.